The highest BCUT2D eigenvalue weighted by Crippen LogP contribution is 2.33. The molecule has 120 valence electrons. The van der Waals surface area contributed by atoms with Gasteiger partial charge in [-0.15, -0.1) is 17.0 Å². The monoisotopic (exact) mass is 421 g/mol. The van der Waals surface area contributed by atoms with Gasteiger partial charge in [0.2, 0.25) is 0 Å². The molecule has 1 aliphatic rings. The van der Waals surface area contributed by atoms with E-state index >= 15 is 0 Å². The van der Waals surface area contributed by atoms with Crippen molar-refractivity contribution in [2.24, 2.45) is 0 Å². The number of benzene rings is 1. The molecule has 2 rings (SSSR count). The Morgan fingerprint density at radius 1 is 1.29 bits per heavy atom. The Labute approximate surface area is 146 Å². The molecule has 3 nitrogen and oxygen atoms in total. The predicted octanol–water partition coefficient (Wildman–Crippen LogP) is 4.03. The van der Waals surface area contributed by atoms with E-state index in [0.29, 0.717) is 10.9 Å². The van der Waals surface area contributed by atoms with Crippen molar-refractivity contribution >= 4 is 32.9 Å². The summed E-state index contributed by atoms with van der Waals surface area (Å²) in [5.74, 6) is 0.00185. The second-order valence-corrected chi connectivity index (χ2v) is 7.35. The quantitative estimate of drug-likeness (QED) is 0.556. The van der Waals surface area contributed by atoms with Crippen LogP contribution in [0.2, 0.25) is 0 Å². The SMILES string of the molecule is Br.CCCN(CC(C)Br)C1CCc2cc(O)c(O)cc2C1. The topological polar surface area (TPSA) is 43.7 Å². The van der Waals surface area contributed by atoms with Crippen molar-refractivity contribution in [3.63, 3.8) is 0 Å². The molecule has 0 spiro atoms. The van der Waals surface area contributed by atoms with E-state index in [9.17, 15) is 10.2 Å². The van der Waals surface area contributed by atoms with Crippen LogP contribution in [-0.2, 0) is 12.8 Å². The van der Waals surface area contributed by atoms with Crippen LogP contribution in [0.5, 0.6) is 11.5 Å². The average molecular weight is 423 g/mol. The number of fused-ring (bicyclic) bond motifs is 1. The zero-order valence-corrected chi connectivity index (χ0v) is 16.0. The number of aromatic hydroxyl groups is 2. The predicted molar refractivity (Wildman–Crippen MR) is 96.2 cm³/mol. The molecule has 0 aliphatic heterocycles. The first-order valence-corrected chi connectivity index (χ1v) is 8.34. The Morgan fingerprint density at radius 2 is 1.90 bits per heavy atom. The molecule has 0 aromatic heterocycles. The molecule has 0 amide bonds. The fourth-order valence-electron chi connectivity index (χ4n) is 3.11. The molecule has 1 aliphatic carbocycles. The lowest BCUT2D eigenvalue weighted by atomic mass is 9.87. The molecule has 0 fully saturated rings. The van der Waals surface area contributed by atoms with E-state index in [1.54, 1.807) is 12.1 Å². The number of alkyl halides is 1. The van der Waals surface area contributed by atoms with E-state index in [1.807, 2.05) is 0 Å². The highest BCUT2D eigenvalue weighted by atomic mass is 79.9. The molecule has 2 N–H and O–H groups in total. The van der Waals surface area contributed by atoms with E-state index in [2.05, 4.69) is 34.7 Å². The summed E-state index contributed by atoms with van der Waals surface area (Å²) in [5.41, 5.74) is 2.36. The van der Waals surface area contributed by atoms with Gasteiger partial charge in [0, 0.05) is 17.4 Å². The lowest BCUT2D eigenvalue weighted by molar-refractivity contribution is 0.182. The van der Waals surface area contributed by atoms with Crippen LogP contribution in [0, 0.1) is 0 Å². The summed E-state index contributed by atoms with van der Waals surface area (Å²) >= 11 is 3.65. The van der Waals surface area contributed by atoms with Crippen LogP contribution >= 0.6 is 32.9 Å². The fourth-order valence-corrected chi connectivity index (χ4v) is 3.48. The third-order valence-corrected chi connectivity index (χ3v) is 4.30. The van der Waals surface area contributed by atoms with Crippen molar-refractivity contribution in [3.8, 4) is 11.5 Å². The van der Waals surface area contributed by atoms with Crippen LogP contribution in [0.1, 0.15) is 37.8 Å². The van der Waals surface area contributed by atoms with Gasteiger partial charge in [-0.25, -0.2) is 0 Å². The summed E-state index contributed by atoms with van der Waals surface area (Å²) in [5, 5.41) is 19.3. The number of phenols is 2. The molecule has 2 unspecified atom stereocenters. The fraction of sp³-hybridized carbons (Fsp3) is 0.625. The summed E-state index contributed by atoms with van der Waals surface area (Å²) in [6, 6.07) is 3.99. The standard InChI is InChI=1S/C16H24BrNO2.BrH/c1-3-6-18(10-11(2)17)14-5-4-12-8-15(19)16(20)9-13(12)7-14;/h8-9,11,14,19-20H,3-7,10H2,1-2H3;1H. The summed E-state index contributed by atoms with van der Waals surface area (Å²) in [7, 11) is 0. The van der Waals surface area contributed by atoms with Gasteiger partial charge in [-0.1, -0.05) is 29.8 Å². The number of phenolic OH excluding ortho intramolecular Hbond substituents is 2. The van der Waals surface area contributed by atoms with Gasteiger partial charge in [0.25, 0.3) is 0 Å². The van der Waals surface area contributed by atoms with Crippen LogP contribution in [-0.4, -0.2) is 39.1 Å². The Morgan fingerprint density at radius 3 is 2.48 bits per heavy atom. The Hall–Kier alpha value is -0.260. The van der Waals surface area contributed by atoms with Crippen molar-refractivity contribution in [3.05, 3.63) is 23.3 Å². The van der Waals surface area contributed by atoms with Gasteiger partial charge < -0.3 is 10.2 Å². The van der Waals surface area contributed by atoms with Crippen molar-refractivity contribution in [2.45, 2.75) is 50.4 Å². The molecule has 2 atom stereocenters. The van der Waals surface area contributed by atoms with Crippen LogP contribution in [0.15, 0.2) is 12.1 Å². The van der Waals surface area contributed by atoms with Crippen molar-refractivity contribution in [2.75, 3.05) is 13.1 Å². The number of hydrogen-bond donors (Lipinski definition) is 2. The first-order valence-electron chi connectivity index (χ1n) is 7.43. The second kappa shape index (κ2) is 8.39. The summed E-state index contributed by atoms with van der Waals surface area (Å²) in [6.07, 6.45) is 4.22. The van der Waals surface area contributed by atoms with Crippen LogP contribution in [0.3, 0.4) is 0 Å². The van der Waals surface area contributed by atoms with Crippen LogP contribution in [0.25, 0.3) is 0 Å². The van der Waals surface area contributed by atoms with Crippen LogP contribution in [0.4, 0.5) is 0 Å². The normalized spacial score (nSPS) is 19.0. The van der Waals surface area contributed by atoms with E-state index in [-0.39, 0.29) is 28.5 Å². The van der Waals surface area contributed by atoms with Gasteiger partial charge >= 0.3 is 0 Å². The minimum Gasteiger partial charge on any atom is -0.504 e. The largest absolute Gasteiger partial charge is 0.504 e. The molecular weight excluding hydrogens is 398 g/mol. The van der Waals surface area contributed by atoms with Gasteiger partial charge in [0.05, 0.1) is 0 Å². The highest BCUT2D eigenvalue weighted by Gasteiger charge is 2.25. The zero-order chi connectivity index (χ0) is 14.7. The Bertz CT molecular complexity index is 466. The number of halogens is 2. The van der Waals surface area contributed by atoms with Gasteiger partial charge in [0.15, 0.2) is 11.5 Å². The van der Waals surface area contributed by atoms with E-state index in [1.165, 1.54) is 11.1 Å². The van der Waals surface area contributed by atoms with Gasteiger partial charge in [-0.3, -0.25) is 4.90 Å². The van der Waals surface area contributed by atoms with Crippen LogP contribution < -0.4 is 0 Å². The lowest BCUT2D eigenvalue weighted by Gasteiger charge is -2.36. The Balaban J connectivity index is 0.00000220. The highest BCUT2D eigenvalue weighted by molar-refractivity contribution is 9.09. The van der Waals surface area contributed by atoms with Crippen molar-refractivity contribution in [1.82, 2.24) is 4.90 Å². The molecule has 0 saturated heterocycles. The number of rotatable bonds is 5. The van der Waals surface area contributed by atoms with Crippen molar-refractivity contribution < 1.29 is 10.2 Å². The number of nitrogens with zero attached hydrogens (tertiary/aromatic N) is 1. The molecule has 5 heteroatoms. The minimum absolute atomic E-state index is 0. The van der Waals surface area contributed by atoms with Crippen molar-refractivity contribution in [1.29, 1.82) is 0 Å². The van der Waals surface area contributed by atoms with E-state index in [4.69, 9.17) is 0 Å². The summed E-state index contributed by atoms with van der Waals surface area (Å²) in [4.78, 5) is 3.04. The second-order valence-electron chi connectivity index (χ2n) is 5.78. The maximum Gasteiger partial charge on any atom is 0.157 e. The summed E-state index contributed by atoms with van der Waals surface area (Å²) in [6.45, 7) is 6.56. The molecule has 1 aromatic rings. The molecule has 0 saturated carbocycles. The maximum absolute atomic E-state index is 9.68. The first-order chi connectivity index (χ1) is 9.51. The maximum atomic E-state index is 9.68. The first kappa shape index (κ1) is 18.8. The lowest BCUT2D eigenvalue weighted by Crippen LogP contribution is -2.42. The molecule has 1 aromatic carbocycles. The van der Waals surface area contributed by atoms with Gasteiger partial charge in [-0.2, -0.15) is 0 Å². The Kier molecular flexibility index (Phi) is 7.51. The minimum atomic E-state index is 0. The summed E-state index contributed by atoms with van der Waals surface area (Å²) < 4.78 is 0. The number of aryl methyl sites for hydroxylation is 1. The molecular formula is C16H25Br2NO2. The molecule has 0 radical (unpaired) electrons. The van der Waals surface area contributed by atoms with Gasteiger partial charge in [-0.05, 0) is 55.5 Å². The number of hydrogen-bond acceptors (Lipinski definition) is 3. The third-order valence-electron chi connectivity index (χ3n) is 4.01. The molecule has 0 bridgehead atoms. The van der Waals surface area contributed by atoms with E-state index in [0.717, 1.165) is 38.8 Å². The molecule has 21 heavy (non-hydrogen) atoms. The van der Waals surface area contributed by atoms with E-state index < -0.39 is 0 Å². The van der Waals surface area contributed by atoms with Gasteiger partial charge in [0.1, 0.15) is 0 Å². The smallest absolute Gasteiger partial charge is 0.157 e. The third kappa shape index (κ3) is 4.86. The molecule has 0 heterocycles. The zero-order valence-electron chi connectivity index (χ0n) is 12.7. The average Bonchev–Trinajstić information content (AvgIpc) is 2.38.